The highest BCUT2D eigenvalue weighted by Crippen LogP contribution is 2.33. The molecule has 0 aromatic carbocycles. The van der Waals surface area contributed by atoms with Gasteiger partial charge in [0.25, 0.3) is 5.56 Å². The van der Waals surface area contributed by atoms with Crippen LogP contribution in [-0.2, 0) is 13.1 Å². The van der Waals surface area contributed by atoms with Crippen molar-refractivity contribution in [3.63, 3.8) is 0 Å². The Morgan fingerprint density at radius 2 is 1.65 bits per heavy atom. The molecule has 37 heavy (non-hydrogen) atoms. The maximum atomic E-state index is 13.4. The summed E-state index contributed by atoms with van der Waals surface area (Å²) in [6, 6.07) is -3.88. The fourth-order valence-corrected chi connectivity index (χ4v) is 4.92. The van der Waals surface area contributed by atoms with Gasteiger partial charge in [-0.05, 0) is 40.2 Å². The Bertz CT molecular complexity index is 1320. The number of hydrogen-bond donors (Lipinski definition) is 2. The number of aromatic nitrogens is 2. The van der Waals surface area contributed by atoms with Crippen LogP contribution in [-0.4, -0.2) is 54.3 Å². The van der Waals surface area contributed by atoms with Crippen LogP contribution in [0.1, 0.15) is 50.6 Å². The third-order valence-electron chi connectivity index (χ3n) is 5.43. The lowest BCUT2D eigenvalue weighted by molar-refractivity contribution is -0.164. The number of amides is 3. The Hall–Kier alpha value is -3.24. The lowest BCUT2D eigenvalue weighted by Crippen LogP contribution is -2.58. The summed E-state index contributed by atoms with van der Waals surface area (Å²) in [6.07, 6.45) is -13.0. The highest BCUT2D eigenvalue weighted by Gasteiger charge is 2.41. The molecule has 3 N–H and O–H groups in total. The van der Waals surface area contributed by atoms with Crippen molar-refractivity contribution in [3.05, 3.63) is 31.3 Å². The van der Waals surface area contributed by atoms with Gasteiger partial charge in [-0.3, -0.25) is 9.36 Å². The molecule has 0 aliphatic rings. The molecule has 17 heteroatoms. The number of nitrogens with zero attached hydrogens (tertiary/aromatic N) is 4. The van der Waals surface area contributed by atoms with E-state index in [-0.39, 0.29) is 19.8 Å². The van der Waals surface area contributed by atoms with Gasteiger partial charge in [0.05, 0.1) is 23.9 Å². The second kappa shape index (κ2) is 9.90. The Labute approximate surface area is 209 Å². The number of primary amides is 1. The summed E-state index contributed by atoms with van der Waals surface area (Å²) < 4.78 is 79.4. The van der Waals surface area contributed by atoms with Crippen molar-refractivity contribution < 1.29 is 41.0 Å². The number of alkyl halides is 6. The average molecular weight is 562 g/mol. The second-order valence-corrected chi connectivity index (χ2v) is 10.3. The molecule has 0 aliphatic carbocycles. The number of carbonyl (C=O) groups is 2. The van der Waals surface area contributed by atoms with Gasteiger partial charge in [0.1, 0.15) is 10.9 Å². The van der Waals surface area contributed by atoms with Crippen molar-refractivity contribution in [1.29, 1.82) is 0 Å². The Morgan fingerprint density at radius 3 is 2.05 bits per heavy atom. The standard InChI is InChI=1S/C20H25F6N5O5S/c1-9-11(8-29(15(27)33)31(17(35)36)18(3,4)5)37-14-12(9)13(32)30(10(2)20(24,25)26)16(34)28(14)7-6-19(21,22)23/h10H,6-8H2,1-5H3,(H2,27,33)(H,35,36). The SMILES string of the molecule is Cc1c(CN(C(N)=O)N(C(=O)O)C(C)(C)C)sc2c1c(=O)n(C(C)C(F)(F)F)c(=O)n2CCC(F)(F)F. The number of hydrogen-bond acceptors (Lipinski definition) is 5. The molecular weight excluding hydrogens is 536 g/mol. The summed E-state index contributed by atoms with van der Waals surface area (Å²) in [5.41, 5.74) is 1.16. The van der Waals surface area contributed by atoms with Gasteiger partial charge < -0.3 is 10.8 Å². The summed E-state index contributed by atoms with van der Waals surface area (Å²) >= 11 is 0.575. The topological polar surface area (TPSA) is 131 Å². The summed E-state index contributed by atoms with van der Waals surface area (Å²) in [5.74, 6) is 0. The monoisotopic (exact) mass is 561 g/mol. The van der Waals surface area contributed by atoms with E-state index in [2.05, 4.69) is 0 Å². The summed E-state index contributed by atoms with van der Waals surface area (Å²) in [4.78, 5) is 49.6. The molecule has 0 saturated heterocycles. The zero-order valence-corrected chi connectivity index (χ0v) is 21.1. The highest BCUT2D eigenvalue weighted by molar-refractivity contribution is 7.18. The third-order valence-corrected chi connectivity index (χ3v) is 6.73. The van der Waals surface area contributed by atoms with Crippen LogP contribution in [0.25, 0.3) is 10.2 Å². The number of thiophene rings is 1. The van der Waals surface area contributed by atoms with Crippen LogP contribution >= 0.6 is 11.3 Å². The number of rotatable bonds is 5. The molecule has 0 radical (unpaired) electrons. The molecule has 10 nitrogen and oxygen atoms in total. The van der Waals surface area contributed by atoms with Crippen LogP contribution in [0.5, 0.6) is 0 Å². The molecule has 0 fully saturated rings. The summed E-state index contributed by atoms with van der Waals surface area (Å²) in [7, 11) is 0. The van der Waals surface area contributed by atoms with Crippen LogP contribution < -0.4 is 17.0 Å². The number of carboxylic acid groups (broad SMARTS) is 1. The van der Waals surface area contributed by atoms with Crippen molar-refractivity contribution in [1.82, 2.24) is 19.2 Å². The van der Waals surface area contributed by atoms with Gasteiger partial charge in [0.2, 0.25) is 0 Å². The van der Waals surface area contributed by atoms with E-state index in [1.165, 1.54) is 27.7 Å². The van der Waals surface area contributed by atoms with Gasteiger partial charge in [-0.15, -0.1) is 11.3 Å². The number of aryl methyl sites for hydroxylation is 2. The van der Waals surface area contributed by atoms with E-state index in [4.69, 9.17) is 5.73 Å². The van der Waals surface area contributed by atoms with E-state index in [1.54, 1.807) is 0 Å². The molecule has 0 spiro atoms. The van der Waals surface area contributed by atoms with Crippen LogP contribution in [0, 0.1) is 6.92 Å². The zero-order chi connectivity index (χ0) is 28.8. The lowest BCUT2D eigenvalue weighted by Gasteiger charge is -2.40. The van der Waals surface area contributed by atoms with E-state index in [9.17, 15) is 50.6 Å². The molecule has 208 valence electrons. The predicted octanol–water partition coefficient (Wildman–Crippen LogP) is 4.18. The summed E-state index contributed by atoms with van der Waals surface area (Å²) in [5, 5.41) is 10.4. The van der Waals surface area contributed by atoms with Crippen LogP contribution in [0.15, 0.2) is 9.59 Å². The quantitative estimate of drug-likeness (QED) is 0.418. The van der Waals surface area contributed by atoms with Crippen molar-refractivity contribution in [3.8, 4) is 0 Å². The fourth-order valence-electron chi connectivity index (χ4n) is 3.62. The zero-order valence-electron chi connectivity index (χ0n) is 20.3. The van der Waals surface area contributed by atoms with Gasteiger partial charge >= 0.3 is 30.2 Å². The highest BCUT2D eigenvalue weighted by atomic mass is 32.1. The minimum absolute atomic E-state index is 0.0268. The van der Waals surface area contributed by atoms with Crippen molar-refractivity contribution in [2.75, 3.05) is 0 Å². The molecule has 3 amide bonds. The smallest absolute Gasteiger partial charge is 0.426 e. The normalized spacial score (nSPS) is 13.6. The van der Waals surface area contributed by atoms with E-state index in [1.807, 2.05) is 0 Å². The van der Waals surface area contributed by atoms with E-state index in [0.29, 0.717) is 32.8 Å². The number of halogens is 6. The van der Waals surface area contributed by atoms with Gasteiger partial charge in [-0.2, -0.15) is 26.3 Å². The Kier molecular flexibility index (Phi) is 8.03. The maximum Gasteiger partial charge on any atom is 0.426 e. The third kappa shape index (κ3) is 6.19. The predicted molar refractivity (Wildman–Crippen MR) is 121 cm³/mol. The van der Waals surface area contributed by atoms with Crippen LogP contribution in [0.2, 0.25) is 0 Å². The van der Waals surface area contributed by atoms with Crippen LogP contribution in [0.4, 0.5) is 35.9 Å². The molecule has 0 saturated carbocycles. The van der Waals surface area contributed by atoms with Crippen molar-refractivity contribution >= 4 is 33.7 Å². The maximum absolute atomic E-state index is 13.4. The molecule has 1 atom stereocenters. The molecule has 2 aromatic rings. The first kappa shape index (κ1) is 30.0. The van der Waals surface area contributed by atoms with Gasteiger partial charge in [0, 0.05) is 11.4 Å². The average Bonchev–Trinajstić information content (AvgIpc) is 3.00. The van der Waals surface area contributed by atoms with Gasteiger partial charge in [-0.1, -0.05) is 0 Å². The lowest BCUT2D eigenvalue weighted by atomic mass is 10.1. The number of hydrazine groups is 1. The first-order valence-corrected chi connectivity index (χ1v) is 11.4. The van der Waals surface area contributed by atoms with Crippen LogP contribution in [0.3, 0.4) is 0 Å². The number of fused-ring (bicyclic) bond motifs is 1. The first-order valence-electron chi connectivity index (χ1n) is 10.6. The van der Waals surface area contributed by atoms with E-state index in [0.717, 1.165) is 0 Å². The first-order chi connectivity index (χ1) is 16.6. The molecule has 2 rings (SSSR count). The molecule has 2 heterocycles. The van der Waals surface area contributed by atoms with Gasteiger partial charge in [0.15, 0.2) is 0 Å². The molecule has 0 bridgehead atoms. The molecule has 1 unspecified atom stereocenters. The minimum atomic E-state index is -5.07. The van der Waals surface area contributed by atoms with Crippen molar-refractivity contribution in [2.24, 2.45) is 5.73 Å². The molecule has 0 aliphatic heterocycles. The van der Waals surface area contributed by atoms with E-state index >= 15 is 0 Å². The Morgan fingerprint density at radius 1 is 1.11 bits per heavy atom. The molecular formula is C20H25F6N5O5S. The number of nitrogens with two attached hydrogens (primary N) is 1. The summed E-state index contributed by atoms with van der Waals surface area (Å²) in [6.45, 7) is 4.45. The fraction of sp³-hybridized carbons (Fsp3) is 0.600. The number of urea groups is 1. The second-order valence-electron chi connectivity index (χ2n) is 9.18. The number of carbonyl (C=O) groups excluding carboxylic acids is 1. The van der Waals surface area contributed by atoms with E-state index < -0.39 is 72.2 Å². The van der Waals surface area contributed by atoms with Crippen molar-refractivity contribution in [2.45, 2.75) is 78.1 Å². The Balaban J connectivity index is 2.87. The minimum Gasteiger partial charge on any atom is -0.464 e. The largest absolute Gasteiger partial charge is 0.464 e. The molecule has 2 aromatic heterocycles. The van der Waals surface area contributed by atoms with Gasteiger partial charge in [-0.25, -0.2) is 29.0 Å².